The fourth-order valence-corrected chi connectivity index (χ4v) is 3.85. The van der Waals surface area contributed by atoms with E-state index in [4.69, 9.17) is 9.97 Å². The van der Waals surface area contributed by atoms with E-state index in [1.807, 2.05) is 37.5 Å². The van der Waals surface area contributed by atoms with Crippen molar-refractivity contribution in [3.63, 3.8) is 0 Å². The first-order chi connectivity index (χ1) is 14.2. The third-order valence-electron chi connectivity index (χ3n) is 5.16. The van der Waals surface area contributed by atoms with E-state index >= 15 is 0 Å². The van der Waals surface area contributed by atoms with Gasteiger partial charge in [0.25, 0.3) is 0 Å². The third-order valence-corrected chi connectivity index (χ3v) is 5.16. The maximum Gasteiger partial charge on any atom is 0.160 e. The summed E-state index contributed by atoms with van der Waals surface area (Å²) in [6.07, 6.45) is 1.89. The van der Waals surface area contributed by atoms with E-state index in [0.717, 1.165) is 51.7 Å². The molecule has 0 aliphatic carbocycles. The molecule has 5 aromatic rings. The molecule has 29 heavy (non-hydrogen) atoms. The molecule has 0 bridgehead atoms. The van der Waals surface area contributed by atoms with Crippen LogP contribution in [0.3, 0.4) is 0 Å². The molecule has 0 aliphatic rings. The van der Waals surface area contributed by atoms with Crippen LogP contribution in [0.15, 0.2) is 67.0 Å². The van der Waals surface area contributed by atoms with Gasteiger partial charge in [-0.3, -0.25) is 5.10 Å². The second-order valence-electron chi connectivity index (χ2n) is 7.15. The molecule has 144 valence electrons. The summed E-state index contributed by atoms with van der Waals surface area (Å²) in [6, 6.07) is 20.6. The number of H-pyrrole nitrogens is 1. The van der Waals surface area contributed by atoms with Gasteiger partial charge in [0.05, 0.1) is 35.3 Å². The lowest BCUT2D eigenvalue weighted by atomic mass is 10.1. The molecule has 0 radical (unpaired) electrons. The number of nitrogens with zero attached hydrogens (tertiary/aromatic N) is 5. The normalized spacial score (nSPS) is 11.4. The SMILES string of the molecule is CCn1c(-c2c(-c3ccccc3)ncn2Cc2cc(C)[nH]n2)nc2ccccc21. The van der Waals surface area contributed by atoms with Crippen molar-refractivity contribution < 1.29 is 0 Å². The van der Waals surface area contributed by atoms with E-state index in [1.165, 1.54) is 0 Å². The predicted octanol–water partition coefficient (Wildman–Crippen LogP) is 4.67. The standard InChI is InChI=1S/C23H22N6/c1-3-29-20-12-8-7-11-19(20)25-23(29)22-21(17-9-5-4-6-10-17)24-15-28(22)14-18-13-16(2)26-27-18/h4-13,15H,3,14H2,1-2H3,(H,26,27). The van der Waals surface area contributed by atoms with Crippen molar-refractivity contribution in [2.75, 3.05) is 0 Å². The summed E-state index contributed by atoms with van der Waals surface area (Å²) < 4.78 is 4.40. The van der Waals surface area contributed by atoms with Crippen LogP contribution in [-0.4, -0.2) is 29.3 Å². The van der Waals surface area contributed by atoms with Gasteiger partial charge < -0.3 is 9.13 Å². The Balaban J connectivity index is 1.74. The molecule has 6 nitrogen and oxygen atoms in total. The molecule has 0 spiro atoms. The van der Waals surface area contributed by atoms with Crippen molar-refractivity contribution in [3.8, 4) is 22.8 Å². The average Bonchev–Trinajstić information content (AvgIpc) is 3.45. The fraction of sp³-hybridized carbons (Fsp3) is 0.174. The van der Waals surface area contributed by atoms with Crippen molar-refractivity contribution in [1.29, 1.82) is 0 Å². The van der Waals surface area contributed by atoms with E-state index in [0.29, 0.717) is 6.54 Å². The van der Waals surface area contributed by atoms with Gasteiger partial charge >= 0.3 is 0 Å². The van der Waals surface area contributed by atoms with Crippen LogP contribution in [0.2, 0.25) is 0 Å². The zero-order valence-electron chi connectivity index (χ0n) is 16.5. The fourth-order valence-electron chi connectivity index (χ4n) is 3.85. The topological polar surface area (TPSA) is 64.3 Å². The Morgan fingerprint density at radius 3 is 2.55 bits per heavy atom. The van der Waals surface area contributed by atoms with E-state index in [2.05, 4.69) is 62.7 Å². The lowest BCUT2D eigenvalue weighted by Gasteiger charge is -2.11. The number of hydrogen-bond acceptors (Lipinski definition) is 3. The minimum atomic E-state index is 0.631. The molecule has 3 heterocycles. The van der Waals surface area contributed by atoms with Crippen LogP contribution < -0.4 is 0 Å². The molecular formula is C23H22N6. The Kier molecular flexibility index (Phi) is 4.24. The average molecular weight is 382 g/mol. The molecule has 0 saturated heterocycles. The number of imidazole rings is 2. The van der Waals surface area contributed by atoms with Crippen molar-refractivity contribution in [1.82, 2.24) is 29.3 Å². The molecule has 0 amide bonds. The number of fused-ring (bicyclic) bond motifs is 1. The molecule has 0 fully saturated rings. The lowest BCUT2D eigenvalue weighted by molar-refractivity contribution is 0.746. The number of aromatic nitrogens is 6. The Labute approximate surface area is 168 Å². The molecule has 0 unspecified atom stereocenters. The van der Waals surface area contributed by atoms with E-state index in [-0.39, 0.29) is 0 Å². The maximum atomic E-state index is 4.99. The molecule has 0 atom stereocenters. The van der Waals surface area contributed by atoms with E-state index in [9.17, 15) is 0 Å². The highest BCUT2D eigenvalue weighted by Gasteiger charge is 2.21. The second-order valence-corrected chi connectivity index (χ2v) is 7.15. The number of rotatable bonds is 5. The molecule has 2 aromatic carbocycles. The van der Waals surface area contributed by atoms with Gasteiger partial charge in [0.15, 0.2) is 5.82 Å². The zero-order chi connectivity index (χ0) is 19.8. The number of aromatic amines is 1. The lowest BCUT2D eigenvalue weighted by Crippen LogP contribution is -2.06. The van der Waals surface area contributed by atoms with Gasteiger partial charge in [0, 0.05) is 17.8 Å². The number of benzene rings is 2. The smallest absolute Gasteiger partial charge is 0.160 e. The second kappa shape index (κ2) is 7.05. The van der Waals surface area contributed by atoms with Gasteiger partial charge in [-0.1, -0.05) is 42.5 Å². The van der Waals surface area contributed by atoms with E-state index < -0.39 is 0 Å². The summed E-state index contributed by atoms with van der Waals surface area (Å²) in [4.78, 5) is 9.78. The third kappa shape index (κ3) is 3.02. The summed E-state index contributed by atoms with van der Waals surface area (Å²) in [6.45, 7) is 5.62. The summed E-state index contributed by atoms with van der Waals surface area (Å²) >= 11 is 0. The van der Waals surface area contributed by atoms with Crippen LogP contribution in [0, 0.1) is 6.92 Å². The van der Waals surface area contributed by atoms with Gasteiger partial charge in [-0.15, -0.1) is 0 Å². The number of nitrogens with one attached hydrogen (secondary N) is 1. The van der Waals surface area contributed by atoms with Crippen LogP contribution in [0.25, 0.3) is 33.8 Å². The van der Waals surface area contributed by atoms with Crippen LogP contribution in [0.5, 0.6) is 0 Å². The first-order valence-electron chi connectivity index (χ1n) is 9.81. The Morgan fingerprint density at radius 1 is 1.00 bits per heavy atom. The number of aryl methyl sites for hydroxylation is 2. The van der Waals surface area contributed by atoms with Crippen molar-refractivity contribution in [2.45, 2.75) is 26.9 Å². The first kappa shape index (κ1) is 17.4. The molecule has 0 saturated carbocycles. The largest absolute Gasteiger partial charge is 0.323 e. The summed E-state index contributed by atoms with van der Waals surface area (Å²) in [7, 11) is 0. The maximum absolute atomic E-state index is 4.99. The Hall–Kier alpha value is -3.67. The molecule has 6 heteroatoms. The van der Waals surface area contributed by atoms with Gasteiger partial charge in [0.1, 0.15) is 5.69 Å². The van der Waals surface area contributed by atoms with Crippen LogP contribution in [0.1, 0.15) is 18.3 Å². The van der Waals surface area contributed by atoms with Gasteiger partial charge in [0.2, 0.25) is 0 Å². The van der Waals surface area contributed by atoms with Crippen molar-refractivity contribution in [2.24, 2.45) is 0 Å². The minimum absolute atomic E-state index is 0.631. The zero-order valence-corrected chi connectivity index (χ0v) is 16.5. The highest BCUT2D eigenvalue weighted by Crippen LogP contribution is 2.33. The molecule has 1 N–H and O–H groups in total. The van der Waals surface area contributed by atoms with Crippen molar-refractivity contribution >= 4 is 11.0 Å². The quantitative estimate of drug-likeness (QED) is 0.480. The first-order valence-corrected chi connectivity index (χ1v) is 9.81. The number of para-hydroxylation sites is 2. The van der Waals surface area contributed by atoms with Gasteiger partial charge in [-0.25, -0.2) is 9.97 Å². The highest BCUT2D eigenvalue weighted by atomic mass is 15.2. The summed E-state index contributed by atoms with van der Waals surface area (Å²) in [5.74, 6) is 0.928. The minimum Gasteiger partial charge on any atom is -0.323 e. The molecule has 5 rings (SSSR count). The molecule has 3 aromatic heterocycles. The Bertz CT molecular complexity index is 1280. The number of hydrogen-bond donors (Lipinski definition) is 1. The van der Waals surface area contributed by atoms with Crippen LogP contribution >= 0.6 is 0 Å². The summed E-state index contributed by atoms with van der Waals surface area (Å²) in [5.41, 5.74) is 7.16. The molecular weight excluding hydrogens is 360 g/mol. The van der Waals surface area contributed by atoms with Gasteiger partial charge in [-0.2, -0.15) is 5.10 Å². The van der Waals surface area contributed by atoms with Crippen LogP contribution in [0.4, 0.5) is 0 Å². The monoisotopic (exact) mass is 382 g/mol. The van der Waals surface area contributed by atoms with Crippen LogP contribution in [-0.2, 0) is 13.1 Å². The molecule has 0 aliphatic heterocycles. The summed E-state index contributed by atoms with van der Waals surface area (Å²) in [5, 5.41) is 7.44. The highest BCUT2D eigenvalue weighted by molar-refractivity contribution is 5.84. The van der Waals surface area contributed by atoms with E-state index in [1.54, 1.807) is 0 Å². The van der Waals surface area contributed by atoms with Crippen molar-refractivity contribution in [3.05, 3.63) is 78.4 Å². The van der Waals surface area contributed by atoms with Gasteiger partial charge in [-0.05, 0) is 32.0 Å². The Morgan fingerprint density at radius 2 is 1.79 bits per heavy atom. The predicted molar refractivity (Wildman–Crippen MR) is 114 cm³/mol.